The summed E-state index contributed by atoms with van der Waals surface area (Å²) in [6.45, 7) is 7.50. The third kappa shape index (κ3) is 7.05. The van der Waals surface area contributed by atoms with Gasteiger partial charge in [-0.25, -0.2) is 0 Å². The fraction of sp³-hybridized carbons (Fsp3) is 0.750. The summed E-state index contributed by atoms with van der Waals surface area (Å²) in [5, 5.41) is 62.1. The molecule has 13 heteroatoms. The van der Waals surface area contributed by atoms with E-state index < -0.39 is 90.4 Å². The summed E-state index contributed by atoms with van der Waals surface area (Å²) in [4.78, 5) is 34.6. The zero-order valence-corrected chi connectivity index (χ0v) is 24.0. The number of carbonyl (C=O) groups is 3. The van der Waals surface area contributed by atoms with E-state index in [1.54, 1.807) is 32.1 Å². The number of hydrogen-bond acceptors (Lipinski definition) is 12. The molecule has 10 atom stereocenters. The molecule has 2 aliphatic heterocycles. The molecule has 3 aliphatic rings. The average Bonchev–Trinajstić information content (AvgIpc) is 2.94. The average molecular weight is 587 g/mol. The Labute approximate surface area is 238 Å². The Balaban J connectivity index is 1.67. The normalized spacial score (nSPS) is 40.8. The molecule has 3 rings (SSSR count). The van der Waals surface area contributed by atoms with E-state index in [1.165, 1.54) is 13.8 Å². The lowest BCUT2D eigenvalue weighted by Gasteiger charge is -2.51. The van der Waals surface area contributed by atoms with Crippen molar-refractivity contribution in [2.75, 3.05) is 13.2 Å². The molecule has 0 aromatic heterocycles. The molecule has 2 saturated heterocycles. The first-order valence-corrected chi connectivity index (χ1v) is 13.5. The minimum Gasteiger partial charge on any atom is -0.481 e. The zero-order chi connectivity index (χ0) is 31.0. The Bertz CT molecular complexity index is 1050. The molecule has 232 valence electrons. The fourth-order valence-electron chi connectivity index (χ4n) is 5.82. The summed E-state index contributed by atoms with van der Waals surface area (Å²) in [5.74, 6) is -2.34. The monoisotopic (exact) mass is 586 g/mol. The van der Waals surface area contributed by atoms with Gasteiger partial charge in [-0.15, -0.1) is 0 Å². The lowest BCUT2D eigenvalue weighted by molar-refractivity contribution is -0.320. The number of fused-ring (bicyclic) bond motifs is 2. The summed E-state index contributed by atoms with van der Waals surface area (Å²) in [6.07, 6.45) is -4.31. The number of carboxylic acids is 1. The van der Waals surface area contributed by atoms with Crippen molar-refractivity contribution in [2.24, 2.45) is 5.41 Å². The van der Waals surface area contributed by atoms with Gasteiger partial charge in [-0.3, -0.25) is 14.4 Å². The molecule has 0 radical (unpaired) electrons. The predicted octanol–water partition coefficient (Wildman–Crippen LogP) is -0.250. The van der Waals surface area contributed by atoms with E-state index in [2.05, 4.69) is 0 Å². The summed E-state index contributed by atoms with van der Waals surface area (Å²) >= 11 is 0. The van der Waals surface area contributed by atoms with Gasteiger partial charge in [0.05, 0.1) is 31.2 Å². The zero-order valence-electron chi connectivity index (χ0n) is 24.0. The van der Waals surface area contributed by atoms with Crippen LogP contribution in [0.1, 0.15) is 60.3 Å². The van der Waals surface area contributed by atoms with E-state index in [4.69, 9.17) is 24.1 Å². The van der Waals surface area contributed by atoms with Crippen LogP contribution in [0, 0.1) is 5.41 Å². The van der Waals surface area contributed by atoms with E-state index in [9.17, 15) is 39.9 Å². The number of allylic oxidation sites excluding steroid dienone is 3. The molecule has 2 bridgehead atoms. The topological polar surface area (TPSA) is 210 Å². The molecular weight excluding hydrogens is 544 g/mol. The second-order valence-electron chi connectivity index (χ2n) is 12.2. The number of ether oxygens (including phenoxy) is 4. The first kappa shape index (κ1) is 33.3. The van der Waals surface area contributed by atoms with Crippen LogP contribution in [0.2, 0.25) is 0 Å². The van der Waals surface area contributed by atoms with Gasteiger partial charge < -0.3 is 49.6 Å². The molecular formula is C28H42O13. The van der Waals surface area contributed by atoms with Crippen LogP contribution in [-0.4, -0.2) is 115 Å². The highest BCUT2D eigenvalue weighted by molar-refractivity contribution is 5.92. The number of ketones is 1. The van der Waals surface area contributed by atoms with Crippen LogP contribution in [0.4, 0.5) is 0 Å². The quantitative estimate of drug-likeness (QED) is 0.105. The van der Waals surface area contributed by atoms with Crippen molar-refractivity contribution in [3.8, 4) is 0 Å². The molecule has 0 aromatic rings. The van der Waals surface area contributed by atoms with E-state index in [0.717, 1.165) is 0 Å². The van der Waals surface area contributed by atoms with Gasteiger partial charge >= 0.3 is 11.9 Å². The highest BCUT2D eigenvalue weighted by Crippen LogP contribution is 2.58. The van der Waals surface area contributed by atoms with Gasteiger partial charge in [-0.05, 0) is 45.8 Å². The Morgan fingerprint density at radius 2 is 1.71 bits per heavy atom. The Morgan fingerprint density at radius 1 is 1.05 bits per heavy atom. The van der Waals surface area contributed by atoms with Crippen molar-refractivity contribution < 1.29 is 64.0 Å². The third-order valence-electron chi connectivity index (χ3n) is 8.43. The number of Topliss-reactive ketones (excluding diaryl/α,β-unsaturated/α-hetero) is 1. The van der Waals surface area contributed by atoms with Crippen molar-refractivity contribution in [2.45, 2.75) is 114 Å². The van der Waals surface area contributed by atoms with Crippen LogP contribution in [0.3, 0.4) is 0 Å². The van der Waals surface area contributed by atoms with Crippen LogP contribution in [0.25, 0.3) is 0 Å². The second-order valence-corrected chi connectivity index (χ2v) is 12.2. The summed E-state index contributed by atoms with van der Waals surface area (Å²) in [6, 6.07) is 0. The number of rotatable bonds is 11. The number of carboxylic acid groups (broad SMARTS) is 1. The van der Waals surface area contributed by atoms with E-state index in [1.807, 2.05) is 6.92 Å². The van der Waals surface area contributed by atoms with Gasteiger partial charge in [0.25, 0.3) is 0 Å². The number of carbonyl (C=O) groups excluding carboxylic acids is 2. The van der Waals surface area contributed by atoms with Crippen LogP contribution in [0.5, 0.6) is 0 Å². The highest BCUT2D eigenvalue weighted by atomic mass is 16.7. The van der Waals surface area contributed by atoms with Gasteiger partial charge in [0.2, 0.25) is 0 Å². The third-order valence-corrected chi connectivity index (χ3v) is 8.43. The molecule has 1 saturated carbocycles. The molecule has 6 N–H and O–H groups in total. The summed E-state index contributed by atoms with van der Waals surface area (Å²) < 4.78 is 22.8. The van der Waals surface area contributed by atoms with Crippen LogP contribution in [-0.2, 0) is 33.3 Å². The number of aliphatic carboxylic acids is 1. The maximum atomic E-state index is 12.2. The van der Waals surface area contributed by atoms with E-state index >= 15 is 0 Å². The van der Waals surface area contributed by atoms with Crippen LogP contribution < -0.4 is 0 Å². The molecule has 1 aliphatic carbocycles. The summed E-state index contributed by atoms with van der Waals surface area (Å²) in [7, 11) is 0. The minimum atomic E-state index is -1.86. The SMILES string of the molecule is CC(=O)/C(C)=C/C=C\C1(O)C2(C)COC1(C)CC(OC1OC(COC(=O)CC(C)(O)CC(=O)O)C(O)C(O)C1O)C2. The smallest absolute Gasteiger partial charge is 0.308 e. The second kappa shape index (κ2) is 12.2. The fourth-order valence-corrected chi connectivity index (χ4v) is 5.82. The highest BCUT2D eigenvalue weighted by Gasteiger charge is 2.67. The molecule has 41 heavy (non-hydrogen) atoms. The van der Waals surface area contributed by atoms with Gasteiger partial charge in [-0.2, -0.15) is 0 Å². The molecule has 0 aromatic carbocycles. The maximum Gasteiger partial charge on any atom is 0.308 e. The number of esters is 1. The Kier molecular flexibility index (Phi) is 9.88. The first-order chi connectivity index (χ1) is 18.8. The number of aliphatic hydroxyl groups excluding tert-OH is 3. The largest absolute Gasteiger partial charge is 0.481 e. The van der Waals surface area contributed by atoms with Crippen molar-refractivity contribution in [1.82, 2.24) is 0 Å². The Hall–Kier alpha value is -2.23. The first-order valence-electron chi connectivity index (χ1n) is 13.5. The van der Waals surface area contributed by atoms with E-state index in [-0.39, 0.29) is 25.2 Å². The van der Waals surface area contributed by atoms with E-state index in [0.29, 0.717) is 5.57 Å². The van der Waals surface area contributed by atoms with Gasteiger partial charge in [0, 0.05) is 11.8 Å². The molecule has 0 amide bonds. The summed E-state index contributed by atoms with van der Waals surface area (Å²) in [5.41, 5.74) is -4.66. The minimum absolute atomic E-state index is 0.0909. The molecule has 0 spiro atoms. The molecule has 13 nitrogen and oxygen atoms in total. The lowest BCUT2D eigenvalue weighted by atomic mass is 9.59. The van der Waals surface area contributed by atoms with Crippen molar-refractivity contribution in [3.05, 3.63) is 23.8 Å². The number of hydrogen-bond donors (Lipinski definition) is 6. The van der Waals surface area contributed by atoms with Crippen molar-refractivity contribution in [3.63, 3.8) is 0 Å². The van der Waals surface area contributed by atoms with Crippen molar-refractivity contribution in [1.29, 1.82) is 0 Å². The lowest BCUT2D eigenvalue weighted by Crippen LogP contribution is -2.63. The van der Waals surface area contributed by atoms with Gasteiger partial charge in [0.15, 0.2) is 12.1 Å². The van der Waals surface area contributed by atoms with Gasteiger partial charge in [0.1, 0.15) is 42.2 Å². The molecule has 10 unspecified atom stereocenters. The molecule has 3 fully saturated rings. The van der Waals surface area contributed by atoms with Gasteiger partial charge in [-0.1, -0.05) is 19.1 Å². The predicted molar refractivity (Wildman–Crippen MR) is 140 cm³/mol. The Morgan fingerprint density at radius 3 is 2.29 bits per heavy atom. The number of aliphatic hydroxyl groups is 5. The van der Waals surface area contributed by atoms with Crippen molar-refractivity contribution >= 4 is 17.7 Å². The van der Waals surface area contributed by atoms with Crippen LogP contribution in [0.15, 0.2) is 23.8 Å². The standard InChI is InChI=1S/C28H42O13/c1-15(16(2)29)7-6-8-28(37)25(3)9-17(10-27(28,5)39-14-25)40-24-23(35)22(34)21(33)18(41-24)13-38-20(32)12-26(4,36)11-19(30)31/h6-8,17-18,21-24,33-37H,9-14H2,1-5H3,(H,30,31)/b8-6-,15-7+. The van der Waals surface area contributed by atoms with Crippen LogP contribution >= 0.6 is 0 Å². The molecule has 2 heterocycles. The maximum absolute atomic E-state index is 12.2.